The molecule has 2 amide bonds. The van der Waals surface area contributed by atoms with Gasteiger partial charge >= 0.3 is 0 Å². The van der Waals surface area contributed by atoms with Gasteiger partial charge in [-0.25, -0.2) is 9.37 Å². The molecular formula is C21H19FN4O4. The molecule has 0 radical (unpaired) electrons. The van der Waals surface area contributed by atoms with Crippen LogP contribution >= 0.6 is 0 Å². The lowest BCUT2D eigenvalue weighted by molar-refractivity contribution is -0.120. The number of aromatic nitrogens is 2. The Bertz CT molecular complexity index is 1100. The zero-order chi connectivity index (χ0) is 21.1. The minimum Gasteiger partial charge on any atom is -0.454 e. The van der Waals surface area contributed by atoms with Crippen molar-refractivity contribution in [2.24, 2.45) is 7.05 Å². The van der Waals surface area contributed by atoms with Crippen LogP contribution in [0.5, 0.6) is 11.5 Å². The number of nitrogens with one attached hydrogen (secondary N) is 2. The van der Waals surface area contributed by atoms with Crippen molar-refractivity contribution in [1.29, 1.82) is 0 Å². The van der Waals surface area contributed by atoms with E-state index in [-0.39, 0.29) is 13.3 Å². The highest BCUT2D eigenvalue weighted by atomic mass is 19.1. The van der Waals surface area contributed by atoms with Crippen molar-refractivity contribution >= 4 is 11.8 Å². The predicted molar refractivity (Wildman–Crippen MR) is 104 cm³/mol. The zero-order valence-corrected chi connectivity index (χ0v) is 16.1. The van der Waals surface area contributed by atoms with Gasteiger partial charge in [-0.15, -0.1) is 0 Å². The Balaban J connectivity index is 1.44. The van der Waals surface area contributed by atoms with E-state index in [4.69, 9.17) is 9.47 Å². The van der Waals surface area contributed by atoms with E-state index in [1.165, 1.54) is 12.1 Å². The van der Waals surface area contributed by atoms with Crippen LogP contribution in [0.25, 0.3) is 0 Å². The van der Waals surface area contributed by atoms with E-state index in [0.717, 1.165) is 0 Å². The maximum absolute atomic E-state index is 13.7. The van der Waals surface area contributed by atoms with Crippen LogP contribution < -0.4 is 20.1 Å². The fourth-order valence-electron chi connectivity index (χ4n) is 3.15. The van der Waals surface area contributed by atoms with E-state index in [1.54, 1.807) is 54.3 Å². The molecule has 8 nitrogen and oxygen atoms in total. The largest absolute Gasteiger partial charge is 0.454 e. The van der Waals surface area contributed by atoms with Crippen LogP contribution in [0, 0.1) is 5.82 Å². The minimum atomic E-state index is -0.671. The van der Waals surface area contributed by atoms with Gasteiger partial charge in [0.25, 0.3) is 5.91 Å². The Kier molecular flexibility index (Phi) is 5.34. The topological polar surface area (TPSA) is 94.5 Å². The van der Waals surface area contributed by atoms with Gasteiger partial charge in [0, 0.05) is 25.0 Å². The normalized spacial score (nSPS) is 13.0. The van der Waals surface area contributed by atoms with Crippen molar-refractivity contribution in [2.75, 3.05) is 13.3 Å². The number of aryl methyl sites for hydroxylation is 1. The third kappa shape index (κ3) is 4.09. The number of carbonyl (C=O) groups excluding carboxylic acids is 2. The van der Waals surface area contributed by atoms with E-state index in [0.29, 0.717) is 28.5 Å². The van der Waals surface area contributed by atoms with Crippen LogP contribution in [-0.2, 0) is 11.8 Å². The van der Waals surface area contributed by atoms with Gasteiger partial charge in [0.15, 0.2) is 11.5 Å². The van der Waals surface area contributed by atoms with Crippen molar-refractivity contribution < 1.29 is 23.5 Å². The molecule has 2 heterocycles. The van der Waals surface area contributed by atoms with Crippen molar-refractivity contribution in [3.8, 4) is 11.5 Å². The lowest BCUT2D eigenvalue weighted by Crippen LogP contribution is -2.39. The Morgan fingerprint density at radius 2 is 2.03 bits per heavy atom. The Morgan fingerprint density at radius 3 is 2.80 bits per heavy atom. The molecule has 154 valence electrons. The van der Waals surface area contributed by atoms with Gasteiger partial charge in [0.1, 0.15) is 17.7 Å². The molecule has 0 saturated heterocycles. The summed E-state index contributed by atoms with van der Waals surface area (Å²) in [5, 5.41) is 5.37. The van der Waals surface area contributed by atoms with E-state index in [1.807, 2.05) is 0 Å². The van der Waals surface area contributed by atoms with E-state index in [9.17, 15) is 14.0 Å². The first kappa shape index (κ1) is 19.4. The van der Waals surface area contributed by atoms with Crippen LogP contribution in [0.4, 0.5) is 4.39 Å². The molecule has 1 aliphatic rings. The first-order chi connectivity index (χ1) is 14.5. The van der Waals surface area contributed by atoms with E-state index >= 15 is 0 Å². The second-order valence-electron chi connectivity index (χ2n) is 6.70. The SMILES string of the molecule is Cn1ccnc1C(NC(=O)CNC(=O)c1ccc2c(c1)OCO2)c1cccc(F)c1. The lowest BCUT2D eigenvalue weighted by atomic mass is 10.1. The molecule has 3 aromatic rings. The molecular weight excluding hydrogens is 391 g/mol. The van der Waals surface area contributed by atoms with Crippen molar-refractivity contribution in [3.63, 3.8) is 0 Å². The number of benzene rings is 2. The van der Waals surface area contributed by atoms with Gasteiger partial charge in [-0.3, -0.25) is 9.59 Å². The van der Waals surface area contributed by atoms with Crippen molar-refractivity contribution in [2.45, 2.75) is 6.04 Å². The lowest BCUT2D eigenvalue weighted by Gasteiger charge is -2.19. The Hall–Kier alpha value is -3.88. The fourth-order valence-corrected chi connectivity index (χ4v) is 3.15. The highest BCUT2D eigenvalue weighted by Gasteiger charge is 2.22. The minimum absolute atomic E-state index is 0.109. The second kappa shape index (κ2) is 8.24. The summed E-state index contributed by atoms with van der Waals surface area (Å²) in [7, 11) is 1.78. The van der Waals surface area contributed by atoms with Gasteiger partial charge in [0.05, 0.1) is 6.54 Å². The van der Waals surface area contributed by atoms with Crippen LogP contribution in [0.15, 0.2) is 54.9 Å². The molecule has 1 aliphatic heterocycles. The van der Waals surface area contributed by atoms with Gasteiger partial charge in [-0.2, -0.15) is 0 Å². The number of imidazole rings is 1. The van der Waals surface area contributed by atoms with Crippen LogP contribution in [-0.4, -0.2) is 34.7 Å². The molecule has 0 fully saturated rings. The van der Waals surface area contributed by atoms with E-state index in [2.05, 4.69) is 15.6 Å². The van der Waals surface area contributed by atoms with Gasteiger partial charge in [0.2, 0.25) is 12.7 Å². The maximum atomic E-state index is 13.7. The first-order valence-electron chi connectivity index (χ1n) is 9.21. The molecule has 2 aromatic carbocycles. The maximum Gasteiger partial charge on any atom is 0.251 e. The number of rotatable bonds is 6. The van der Waals surface area contributed by atoms with Crippen LogP contribution in [0.2, 0.25) is 0 Å². The molecule has 0 spiro atoms. The molecule has 2 N–H and O–H groups in total. The summed E-state index contributed by atoms with van der Waals surface area (Å²) in [5.41, 5.74) is 0.887. The van der Waals surface area contributed by atoms with Crippen molar-refractivity contribution in [1.82, 2.24) is 20.2 Å². The summed E-state index contributed by atoms with van der Waals surface area (Å²) in [6.45, 7) is -0.152. The second-order valence-corrected chi connectivity index (χ2v) is 6.70. The van der Waals surface area contributed by atoms with Gasteiger partial charge in [-0.1, -0.05) is 12.1 Å². The van der Waals surface area contributed by atoms with E-state index < -0.39 is 23.7 Å². The summed E-state index contributed by atoms with van der Waals surface area (Å²) in [6.07, 6.45) is 3.32. The number of amides is 2. The van der Waals surface area contributed by atoms with Gasteiger partial charge in [-0.05, 0) is 35.9 Å². The fraction of sp³-hybridized carbons (Fsp3) is 0.190. The van der Waals surface area contributed by atoms with Gasteiger partial charge < -0.3 is 24.7 Å². The molecule has 4 rings (SSSR count). The molecule has 0 saturated carbocycles. The summed E-state index contributed by atoms with van der Waals surface area (Å²) < 4.78 is 25.9. The summed E-state index contributed by atoms with van der Waals surface area (Å²) >= 11 is 0. The quantitative estimate of drug-likeness (QED) is 0.648. The van der Waals surface area contributed by atoms with Crippen LogP contribution in [0.3, 0.4) is 0 Å². The number of halogens is 1. The summed E-state index contributed by atoms with van der Waals surface area (Å²) in [4.78, 5) is 29.2. The smallest absolute Gasteiger partial charge is 0.251 e. The van der Waals surface area contributed by atoms with Crippen molar-refractivity contribution in [3.05, 3.63) is 77.6 Å². The average molecular weight is 410 g/mol. The monoisotopic (exact) mass is 410 g/mol. The molecule has 30 heavy (non-hydrogen) atoms. The Labute approximate surface area is 171 Å². The molecule has 9 heteroatoms. The number of hydrogen-bond acceptors (Lipinski definition) is 5. The third-order valence-corrected chi connectivity index (χ3v) is 4.65. The molecule has 1 aromatic heterocycles. The summed E-state index contributed by atoms with van der Waals surface area (Å²) in [6, 6.07) is 10.0. The molecule has 0 aliphatic carbocycles. The number of fused-ring (bicyclic) bond motifs is 1. The molecule has 1 unspecified atom stereocenters. The first-order valence-corrected chi connectivity index (χ1v) is 9.21. The molecule has 1 atom stereocenters. The number of nitrogens with zero attached hydrogens (tertiary/aromatic N) is 2. The molecule has 0 bridgehead atoms. The highest BCUT2D eigenvalue weighted by Crippen LogP contribution is 2.32. The Morgan fingerprint density at radius 1 is 1.20 bits per heavy atom. The zero-order valence-electron chi connectivity index (χ0n) is 16.1. The average Bonchev–Trinajstić information content (AvgIpc) is 3.38. The predicted octanol–water partition coefficient (Wildman–Crippen LogP) is 1.92. The number of ether oxygens (including phenoxy) is 2. The third-order valence-electron chi connectivity index (χ3n) is 4.65. The summed E-state index contributed by atoms with van der Waals surface area (Å²) in [5.74, 6) is 0.294. The van der Waals surface area contributed by atoms with Crippen LogP contribution in [0.1, 0.15) is 27.8 Å². The standard InChI is InChI=1S/C21H19FN4O4/c1-26-8-7-23-20(26)19(13-3-2-4-15(22)9-13)25-18(27)11-24-21(28)14-5-6-16-17(10-14)30-12-29-16/h2-10,19H,11-12H2,1H3,(H,24,28)(H,25,27). The number of carbonyl (C=O) groups is 2. The highest BCUT2D eigenvalue weighted by molar-refractivity contribution is 5.97. The number of hydrogen-bond donors (Lipinski definition) is 2.